The summed E-state index contributed by atoms with van der Waals surface area (Å²) in [6.07, 6.45) is 3.25. The Bertz CT molecular complexity index is 454. The number of nitrogens with zero attached hydrogens (tertiary/aromatic N) is 2. The van der Waals surface area contributed by atoms with E-state index in [2.05, 4.69) is 46.2 Å². The predicted octanol–water partition coefficient (Wildman–Crippen LogP) is 3.12. The predicted molar refractivity (Wildman–Crippen MR) is 87.5 cm³/mol. The monoisotopic (exact) mass is 345 g/mol. The molecule has 0 aliphatic carbocycles. The van der Waals surface area contributed by atoms with Gasteiger partial charge in [-0.15, -0.1) is 0 Å². The van der Waals surface area contributed by atoms with Gasteiger partial charge in [-0.3, -0.25) is 0 Å². The van der Waals surface area contributed by atoms with Gasteiger partial charge in [0, 0.05) is 23.1 Å². The van der Waals surface area contributed by atoms with Crippen LogP contribution < -0.4 is 10.6 Å². The molecule has 0 heterocycles. The van der Waals surface area contributed by atoms with Crippen molar-refractivity contribution in [3.8, 4) is 0 Å². The quantitative estimate of drug-likeness (QED) is 0.360. The Morgan fingerprint density at radius 2 is 2.26 bits per heavy atom. The number of nitrogens with two attached hydrogens (primary N) is 1. The maximum absolute atomic E-state index is 8.68. The van der Waals surface area contributed by atoms with Crippen molar-refractivity contribution in [2.45, 2.75) is 19.4 Å². The van der Waals surface area contributed by atoms with Crippen LogP contribution >= 0.6 is 27.7 Å². The van der Waals surface area contributed by atoms with Gasteiger partial charge in [-0.25, -0.2) is 0 Å². The number of hydrogen-bond acceptors (Lipinski definition) is 4. The number of amidine groups is 1. The Kier molecular flexibility index (Phi) is 6.51. The average Bonchev–Trinajstić information content (AvgIpc) is 2.42. The molecule has 1 atom stereocenters. The third-order valence-electron chi connectivity index (χ3n) is 3.13. The molecule has 0 bridgehead atoms. The molecule has 1 rings (SSSR count). The molecule has 6 heteroatoms. The van der Waals surface area contributed by atoms with Crippen LogP contribution in [0.5, 0.6) is 0 Å². The fourth-order valence-corrected chi connectivity index (χ4v) is 2.96. The van der Waals surface area contributed by atoms with Crippen molar-refractivity contribution in [1.29, 1.82) is 0 Å². The van der Waals surface area contributed by atoms with Crippen LogP contribution in [0.15, 0.2) is 27.8 Å². The molecule has 19 heavy (non-hydrogen) atoms. The van der Waals surface area contributed by atoms with Crippen LogP contribution in [0.3, 0.4) is 0 Å². The highest BCUT2D eigenvalue weighted by Crippen LogP contribution is 2.28. The van der Waals surface area contributed by atoms with Crippen molar-refractivity contribution in [2.75, 3.05) is 24.0 Å². The largest absolute Gasteiger partial charge is 0.409 e. The number of thioether (sulfide) groups is 1. The Balaban J connectivity index is 2.90. The van der Waals surface area contributed by atoms with E-state index >= 15 is 0 Å². The second-order valence-corrected chi connectivity index (χ2v) is 6.23. The average molecular weight is 346 g/mol. The molecule has 0 radical (unpaired) electrons. The van der Waals surface area contributed by atoms with Gasteiger partial charge >= 0.3 is 0 Å². The second kappa shape index (κ2) is 7.65. The summed E-state index contributed by atoms with van der Waals surface area (Å²) in [4.78, 5) is 2.23. The molecule has 4 nitrogen and oxygen atoms in total. The molecule has 0 aliphatic heterocycles. The first kappa shape index (κ1) is 16.2. The summed E-state index contributed by atoms with van der Waals surface area (Å²) in [6, 6.07) is 6.15. The lowest BCUT2D eigenvalue weighted by Crippen LogP contribution is -2.29. The molecule has 0 aromatic heterocycles. The van der Waals surface area contributed by atoms with Crippen molar-refractivity contribution in [2.24, 2.45) is 10.9 Å². The van der Waals surface area contributed by atoms with Crippen LogP contribution in [-0.4, -0.2) is 36.1 Å². The van der Waals surface area contributed by atoms with E-state index in [0.717, 1.165) is 22.3 Å². The summed E-state index contributed by atoms with van der Waals surface area (Å²) < 4.78 is 0.940. The Morgan fingerprint density at radius 3 is 2.79 bits per heavy atom. The molecule has 0 amide bonds. The van der Waals surface area contributed by atoms with Gasteiger partial charge in [-0.05, 0) is 59.5 Å². The Morgan fingerprint density at radius 1 is 1.58 bits per heavy atom. The summed E-state index contributed by atoms with van der Waals surface area (Å²) in [5, 5.41) is 11.7. The smallest absolute Gasteiger partial charge is 0.170 e. The van der Waals surface area contributed by atoms with Gasteiger partial charge in [0.15, 0.2) is 5.84 Å². The molecule has 0 saturated heterocycles. The third kappa shape index (κ3) is 4.31. The van der Waals surface area contributed by atoms with E-state index < -0.39 is 0 Å². The van der Waals surface area contributed by atoms with Crippen molar-refractivity contribution in [3.63, 3.8) is 0 Å². The lowest BCUT2D eigenvalue weighted by Gasteiger charge is -2.28. The van der Waals surface area contributed by atoms with E-state index in [0.29, 0.717) is 11.6 Å². The van der Waals surface area contributed by atoms with Gasteiger partial charge in [0.2, 0.25) is 0 Å². The second-order valence-electron chi connectivity index (χ2n) is 4.39. The molecule has 1 unspecified atom stereocenters. The standard InChI is InChI=1S/C13H20BrN3OS/c1-9(6-7-19-3)17(2)12-5-4-10(8-11(12)14)13(15)16-18/h4-5,8-9,18H,6-7H2,1-3H3,(H2,15,16). The number of hydrogen-bond donors (Lipinski definition) is 2. The summed E-state index contributed by atoms with van der Waals surface area (Å²) in [5.41, 5.74) is 7.38. The zero-order chi connectivity index (χ0) is 14.4. The minimum absolute atomic E-state index is 0.116. The minimum atomic E-state index is 0.116. The lowest BCUT2D eigenvalue weighted by molar-refractivity contribution is 0.318. The normalized spacial score (nSPS) is 13.4. The maximum Gasteiger partial charge on any atom is 0.170 e. The van der Waals surface area contributed by atoms with E-state index in [1.165, 1.54) is 0 Å². The molecule has 0 fully saturated rings. The summed E-state index contributed by atoms with van der Waals surface area (Å²) in [5.74, 6) is 1.26. The summed E-state index contributed by atoms with van der Waals surface area (Å²) in [7, 11) is 2.08. The Labute approximate surface area is 127 Å². The molecular weight excluding hydrogens is 326 g/mol. The van der Waals surface area contributed by atoms with E-state index in [1.54, 1.807) is 0 Å². The number of rotatable bonds is 6. The van der Waals surface area contributed by atoms with E-state index in [4.69, 9.17) is 10.9 Å². The highest BCUT2D eigenvalue weighted by atomic mass is 79.9. The van der Waals surface area contributed by atoms with Gasteiger partial charge in [-0.2, -0.15) is 11.8 Å². The zero-order valence-electron chi connectivity index (χ0n) is 11.4. The van der Waals surface area contributed by atoms with Crippen molar-refractivity contribution in [1.82, 2.24) is 0 Å². The first-order valence-corrected chi connectivity index (χ1v) is 8.19. The van der Waals surface area contributed by atoms with Crippen LogP contribution in [0.2, 0.25) is 0 Å². The molecule has 3 N–H and O–H groups in total. The number of anilines is 1. The van der Waals surface area contributed by atoms with Crippen molar-refractivity contribution < 1.29 is 5.21 Å². The molecule has 1 aromatic carbocycles. The third-order valence-corrected chi connectivity index (χ3v) is 4.41. The molecule has 106 valence electrons. The number of oxime groups is 1. The first-order chi connectivity index (χ1) is 9.01. The van der Waals surface area contributed by atoms with E-state index in [1.807, 2.05) is 30.0 Å². The van der Waals surface area contributed by atoms with Gasteiger partial charge < -0.3 is 15.8 Å². The SMILES string of the molecule is CSCCC(C)N(C)c1ccc(/C(N)=N/O)cc1Br. The van der Waals surface area contributed by atoms with Crippen LogP contribution in [0.1, 0.15) is 18.9 Å². The van der Waals surface area contributed by atoms with Gasteiger partial charge in [0.25, 0.3) is 0 Å². The molecule has 0 aliphatic rings. The maximum atomic E-state index is 8.68. The fraction of sp³-hybridized carbons (Fsp3) is 0.462. The van der Waals surface area contributed by atoms with Gasteiger partial charge in [0.1, 0.15) is 0 Å². The van der Waals surface area contributed by atoms with Crippen LogP contribution in [-0.2, 0) is 0 Å². The molecule has 0 saturated carbocycles. The summed E-state index contributed by atoms with van der Waals surface area (Å²) in [6.45, 7) is 2.21. The van der Waals surface area contributed by atoms with Crippen LogP contribution in [0.4, 0.5) is 5.69 Å². The van der Waals surface area contributed by atoms with Crippen molar-refractivity contribution >= 4 is 39.2 Å². The fourth-order valence-electron chi connectivity index (χ4n) is 1.73. The first-order valence-electron chi connectivity index (χ1n) is 6.00. The highest BCUT2D eigenvalue weighted by Gasteiger charge is 2.13. The zero-order valence-corrected chi connectivity index (χ0v) is 13.8. The molecule has 0 spiro atoms. The van der Waals surface area contributed by atoms with Gasteiger partial charge in [0.05, 0.1) is 5.69 Å². The van der Waals surface area contributed by atoms with Gasteiger partial charge in [-0.1, -0.05) is 5.16 Å². The van der Waals surface area contributed by atoms with Crippen molar-refractivity contribution in [3.05, 3.63) is 28.2 Å². The highest BCUT2D eigenvalue weighted by molar-refractivity contribution is 9.10. The van der Waals surface area contributed by atoms with E-state index in [-0.39, 0.29) is 5.84 Å². The Hall–Kier alpha value is -0.880. The van der Waals surface area contributed by atoms with E-state index in [9.17, 15) is 0 Å². The lowest BCUT2D eigenvalue weighted by atomic mass is 10.1. The van der Waals surface area contributed by atoms with Crippen LogP contribution in [0, 0.1) is 0 Å². The summed E-state index contributed by atoms with van der Waals surface area (Å²) >= 11 is 5.40. The number of halogens is 1. The minimum Gasteiger partial charge on any atom is -0.409 e. The molecular formula is C13H20BrN3OS. The van der Waals surface area contributed by atoms with Crippen LogP contribution in [0.25, 0.3) is 0 Å². The number of benzene rings is 1. The molecule has 1 aromatic rings. The topological polar surface area (TPSA) is 61.8 Å².